The van der Waals surface area contributed by atoms with Gasteiger partial charge in [-0.2, -0.15) is 0 Å². The molecule has 0 saturated carbocycles. The summed E-state index contributed by atoms with van der Waals surface area (Å²) in [5, 5.41) is 1.75. The zero-order valence-corrected chi connectivity index (χ0v) is 7.28. The number of rotatable bonds is 1. The summed E-state index contributed by atoms with van der Waals surface area (Å²) in [4.78, 5) is 3.81. The maximum absolute atomic E-state index is 12.8. The van der Waals surface area contributed by atoms with Crippen molar-refractivity contribution in [2.24, 2.45) is 5.84 Å². The van der Waals surface area contributed by atoms with Gasteiger partial charge in [0.25, 0.3) is 0 Å². The predicted octanol–water partition coefficient (Wildman–Crippen LogP) is 1.23. The van der Waals surface area contributed by atoms with E-state index < -0.39 is 0 Å². The van der Waals surface area contributed by atoms with Crippen LogP contribution < -0.4 is 5.84 Å². The van der Waals surface area contributed by atoms with Crippen LogP contribution in [0, 0.1) is 5.82 Å². The van der Waals surface area contributed by atoms with Crippen molar-refractivity contribution in [2.75, 3.05) is 6.54 Å². The van der Waals surface area contributed by atoms with E-state index >= 15 is 0 Å². The highest BCUT2D eigenvalue weighted by Crippen LogP contribution is 2.28. The molecule has 1 aliphatic heterocycles. The van der Waals surface area contributed by atoms with E-state index in [0.29, 0.717) is 0 Å². The van der Waals surface area contributed by atoms with Crippen molar-refractivity contribution >= 4 is 0 Å². The van der Waals surface area contributed by atoms with E-state index in [1.807, 2.05) is 0 Å². The molecule has 0 bridgehead atoms. The van der Waals surface area contributed by atoms with Crippen LogP contribution >= 0.6 is 0 Å². The van der Waals surface area contributed by atoms with Crippen molar-refractivity contribution in [2.45, 2.75) is 18.9 Å². The molecule has 2 N–H and O–H groups in total. The lowest BCUT2D eigenvalue weighted by Crippen LogP contribution is -2.30. The number of hydrazine groups is 1. The highest BCUT2D eigenvalue weighted by Gasteiger charge is 2.23. The Balaban J connectivity index is 2.24. The molecule has 1 fully saturated rings. The summed E-state index contributed by atoms with van der Waals surface area (Å²) >= 11 is 0. The van der Waals surface area contributed by atoms with Gasteiger partial charge in [0.05, 0.1) is 12.2 Å². The molecule has 1 aliphatic rings. The SMILES string of the molecule is NN1CCC[C@H]1c1cncc(F)c1. The number of aromatic nitrogens is 1. The molecule has 0 radical (unpaired) electrons. The minimum absolute atomic E-state index is 0.142. The molecular weight excluding hydrogens is 169 g/mol. The molecule has 1 aromatic heterocycles. The third-order valence-electron chi connectivity index (χ3n) is 2.41. The Morgan fingerprint density at radius 3 is 3.00 bits per heavy atom. The molecule has 0 spiro atoms. The van der Waals surface area contributed by atoms with Gasteiger partial charge < -0.3 is 0 Å². The number of pyridine rings is 1. The molecule has 2 heterocycles. The Hall–Kier alpha value is -1.00. The van der Waals surface area contributed by atoms with E-state index in [2.05, 4.69) is 4.98 Å². The average molecular weight is 181 g/mol. The number of nitrogens with zero attached hydrogens (tertiary/aromatic N) is 2. The Bertz CT molecular complexity index is 303. The van der Waals surface area contributed by atoms with Crippen molar-refractivity contribution in [1.29, 1.82) is 0 Å². The summed E-state index contributed by atoms with van der Waals surface area (Å²) in [6.07, 6.45) is 4.94. The molecule has 13 heavy (non-hydrogen) atoms. The lowest BCUT2D eigenvalue weighted by Gasteiger charge is -2.18. The van der Waals surface area contributed by atoms with Gasteiger partial charge in [-0.15, -0.1) is 0 Å². The largest absolute Gasteiger partial charge is 0.268 e. The van der Waals surface area contributed by atoms with Gasteiger partial charge in [0.15, 0.2) is 0 Å². The summed E-state index contributed by atoms with van der Waals surface area (Å²) in [6.45, 7) is 0.876. The Labute approximate surface area is 76.3 Å². The third-order valence-corrected chi connectivity index (χ3v) is 2.41. The zero-order chi connectivity index (χ0) is 9.26. The van der Waals surface area contributed by atoms with Crippen LogP contribution in [0.15, 0.2) is 18.5 Å². The maximum atomic E-state index is 12.8. The summed E-state index contributed by atoms with van der Waals surface area (Å²) < 4.78 is 12.8. The number of hydrogen-bond donors (Lipinski definition) is 1. The molecule has 0 amide bonds. The molecule has 0 aromatic carbocycles. The van der Waals surface area contributed by atoms with Crippen molar-refractivity contribution in [3.8, 4) is 0 Å². The topological polar surface area (TPSA) is 42.1 Å². The summed E-state index contributed by atoms with van der Waals surface area (Å²) in [7, 11) is 0. The van der Waals surface area contributed by atoms with E-state index in [1.54, 1.807) is 11.2 Å². The lowest BCUT2D eigenvalue weighted by atomic mass is 10.1. The van der Waals surface area contributed by atoms with Crippen molar-refractivity contribution in [3.05, 3.63) is 29.8 Å². The van der Waals surface area contributed by atoms with E-state index in [9.17, 15) is 4.39 Å². The number of hydrogen-bond acceptors (Lipinski definition) is 3. The fraction of sp³-hybridized carbons (Fsp3) is 0.444. The van der Waals surface area contributed by atoms with E-state index in [0.717, 1.165) is 24.9 Å². The first-order valence-electron chi connectivity index (χ1n) is 4.39. The maximum Gasteiger partial charge on any atom is 0.141 e. The minimum Gasteiger partial charge on any atom is -0.268 e. The first-order chi connectivity index (χ1) is 6.27. The molecule has 0 aliphatic carbocycles. The van der Waals surface area contributed by atoms with E-state index in [-0.39, 0.29) is 11.9 Å². The van der Waals surface area contributed by atoms with Gasteiger partial charge in [-0.25, -0.2) is 9.40 Å². The number of nitrogens with two attached hydrogens (primary N) is 1. The molecule has 4 heteroatoms. The molecule has 3 nitrogen and oxygen atoms in total. The minimum atomic E-state index is -0.294. The molecular formula is C9H12FN3. The highest BCUT2D eigenvalue weighted by atomic mass is 19.1. The predicted molar refractivity (Wildman–Crippen MR) is 47.1 cm³/mol. The van der Waals surface area contributed by atoms with E-state index in [1.165, 1.54) is 12.3 Å². The molecule has 2 rings (SSSR count). The third kappa shape index (κ3) is 1.68. The number of halogens is 1. The van der Waals surface area contributed by atoms with Crippen LogP contribution in [-0.2, 0) is 0 Å². The Morgan fingerprint density at radius 2 is 2.38 bits per heavy atom. The second-order valence-electron chi connectivity index (χ2n) is 3.33. The van der Waals surface area contributed by atoms with Crippen molar-refractivity contribution in [3.63, 3.8) is 0 Å². The first kappa shape index (κ1) is 8.59. The van der Waals surface area contributed by atoms with E-state index in [4.69, 9.17) is 5.84 Å². The van der Waals surface area contributed by atoms with Gasteiger partial charge in [0, 0.05) is 12.7 Å². The molecule has 0 unspecified atom stereocenters. The van der Waals surface area contributed by atoms with Crippen molar-refractivity contribution in [1.82, 2.24) is 9.99 Å². The molecule has 70 valence electrons. The average Bonchev–Trinajstić information content (AvgIpc) is 2.51. The van der Waals surface area contributed by atoms with Crippen LogP contribution in [0.3, 0.4) is 0 Å². The fourth-order valence-electron chi connectivity index (χ4n) is 1.76. The van der Waals surface area contributed by atoms with Crippen LogP contribution in [0.5, 0.6) is 0 Å². The van der Waals surface area contributed by atoms with Crippen LogP contribution in [0.25, 0.3) is 0 Å². The molecule has 1 saturated heterocycles. The Kier molecular flexibility index (Phi) is 2.24. The monoisotopic (exact) mass is 181 g/mol. The normalized spacial score (nSPS) is 23.7. The van der Waals surface area contributed by atoms with Crippen LogP contribution in [0.1, 0.15) is 24.4 Å². The zero-order valence-electron chi connectivity index (χ0n) is 7.28. The second-order valence-corrected chi connectivity index (χ2v) is 3.33. The fourth-order valence-corrected chi connectivity index (χ4v) is 1.76. The Morgan fingerprint density at radius 1 is 1.54 bits per heavy atom. The smallest absolute Gasteiger partial charge is 0.141 e. The lowest BCUT2D eigenvalue weighted by molar-refractivity contribution is 0.265. The first-order valence-corrected chi connectivity index (χ1v) is 4.39. The van der Waals surface area contributed by atoms with Gasteiger partial charge in [-0.1, -0.05) is 0 Å². The van der Waals surface area contributed by atoms with Crippen LogP contribution in [0.2, 0.25) is 0 Å². The van der Waals surface area contributed by atoms with Gasteiger partial charge in [0.1, 0.15) is 5.82 Å². The van der Waals surface area contributed by atoms with Crippen LogP contribution in [0.4, 0.5) is 4.39 Å². The quantitative estimate of drug-likeness (QED) is 0.662. The van der Waals surface area contributed by atoms with Crippen LogP contribution in [-0.4, -0.2) is 16.5 Å². The standard InChI is InChI=1S/C9H12FN3/c10-8-4-7(5-12-6-8)9-2-1-3-13(9)11/h4-6,9H,1-3,11H2/t9-/m0/s1. The summed E-state index contributed by atoms with van der Waals surface area (Å²) in [5.74, 6) is 5.45. The summed E-state index contributed by atoms with van der Waals surface area (Å²) in [6, 6.07) is 1.64. The second kappa shape index (κ2) is 3.40. The summed E-state index contributed by atoms with van der Waals surface area (Å²) in [5.41, 5.74) is 0.875. The van der Waals surface area contributed by atoms with Gasteiger partial charge in [0.2, 0.25) is 0 Å². The highest BCUT2D eigenvalue weighted by molar-refractivity contribution is 5.15. The van der Waals surface area contributed by atoms with Gasteiger partial charge in [-0.3, -0.25) is 10.8 Å². The molecule has 1 atom stereocenters. The molecule has 1 aromatic rings. The van der Waals surface area contributed by atoms with Gasteiger partial charge in [-0.05, 0) is 24.5 Å². The van der Waals surface area contributed by atoms with Crippen molar-refractivity contribution < 1.29 is 4.39 Å². The van der Waals surface area contributed by atoms with Gasteiger partial charge >= 0.3 is 0 Å².